The molecule has 0 aliphatic heterocycles. The highest BCUT2D eigenvalue weighted by Crippen LogP contribution is 2.03. The molecule has 0 aromatic heterocycles. The summed E-state index contributed by atoms with van der Waals surface area (Å²) in [5, 5.41) is 0. The molecule has 0 saturated carbocycles. The molecule has 0 saturated heterocycles. The van der Waals surface area contributed by atoms with E-state index in [1.165, 1.54) is 11.1 Å². The van der Waals surface area contributed by atoms with Crippen molar-refractivity contribution in [1.82, 2.24) is 4.98 Å². The van der Waals surface area contributed by atoms with E-state index in [0.29, 0.717) is 0 Å². The SMILES string of the molecule is Cc1cccc(CCN[SiH3])c1. The molecule has 0 aliphatic rings. The van der Waals surface area contributed by atoms with Crippen molar-refractivity contribution in [3.8, 4) is 0 Å². The van der Waals surface area contributed by atoms with E-state index in [-0.39, 0.29) is 0 Å². The van der Waals surface area contributed by atoms with Crippen molar-refractivity contribution in [3.63, 3.8) is 0 Å². The van der Waals surface area contributed by atoms with E-state index in [9.17, 15) is 0 Å². The first-order valence-electron chi connectivity index (χ1n) is 4.03. The van der Waals surface area contributed by atoms with Crippen LogP contribution in [-0.4, -0.2) is 16.9 Å². The molecule has 1 aromatic carbocycles. The summed E-state index contributed by atoms with van der Waals surface area (Å²) < 4.78 is 0. The van der Waals surface area contributed by atoms with Gasteiger partial charge >= 0.3 is 0 Å². The number of nitrogens with one attached hydrogen (secondary N) is 1. The van der Waals surface area contributed by atoms with Crippen molar-refractivity contribution < 1.29 is 0 Å². The van der Waals surface area contributed by atoms with Gasteiger partial charge in [0.15, 0.2) is 0 Å². The lowest BCUT2D eigenvalue weighted by atomic mass is 10.1. The van der Waals surface area contributed by atoms with Crippen LogP contribution in [0.3, 0.4) is 0 Å². The summed E-state index contributed by atoms with van der Waals surface area (Å²) >= 11 is 0. The standard InChI is InChI=1S/C9H15NSi/c1-8-3-2-4-9(7-8)5-6-10-11/h2-4,7,10H,5-6H2,1,11H3. The Hall–Kier alpha value is -0.603. The van der Waals surface area contributed by atoms with Crippen molar-refractivity contribution in [1.29, 1.82) is 0 Å². The third-order valence-corrected chi connectivity index (χ3v) is 2.25. The van der Waals surface area contributed by atoms with Gasteiger partial charge in [0.05, 0.1) is 10.4 Å². The van der Waals surface area contributed by atoms with E-state index < -0.39 is 0 Å². The van der Waals surface area contributed by atoms with Gasteiger partial charge in [0, 0.05) is 0 Å². The zero-order valence-corrected chi connectivity index (χ0v) is 9.22. The molecule has 0 heterocycles. The molecule has 0 radical (unpaired) electrons. The van der Waals surface area contributed by atoms with E-state index in [2.05, 4.69) is 36.2 Å². The maximum Gasteiger partial charge on any atom is 0.0749 e. The Morgan fingerprint density at radius 2 is 2.27 bits per heavy atom. The highest BCUT2D eigenvalue weighted by atomic mass is 28.2. The normalized spacial score (nSPS) is 10.3. The molecule has 1 nitrogen and oxygen atoms in total. The molecule has 0 spiro atoms. The van der Waals surface area contributed by atoms with Gasteiger partial charge in [-0.3, -0.25) is 0 Å². The Bertz CT molecular complexity index is 223. The fourth-order valence-corrected chi connectivity index (χ4v) is 1.39. The summed E-state index contributed by atoms with van der Waals surface area (Å²) in [6.45, 7) is 3.26. The lowest BCUT2D eigenvalue weighted by Gasteiger charge is -2.00. The molecule has 60 valence electrons. The average molecular weight is 165 g/mol. The summed E-state index contributed by atoms with van der Waals surface area (Å²) in [5.74, 6) is 0. The van der Waals surface area contributed by atoms with E-state index >= 15 is 0 Å². The minimum Gasteiger partial charge on any atom is -0.345 e. The van der Waals surface area contributed by atoms with Crippen LogP contribution >= 0.6 is 0 Å². The first-order chi connectivity index (χ1) is 5.33. The molecule has 0 aliphatic carbocycles. The van der Waals surface area contributed by atoms with E-state index in [1.807, 2.05) is 0 Å². The monoisotopic (exact) mass is 165 g/mol. The second-order valence-corrected chi connectivity index (χ2v) is 3.55. The Labute approximate surface area is 71.3 Å². The molecular weight excluding hydrogens is 150 g/mol. The van der Waals surface area contributed by atoms with E-state index in [1.54, 1.807) is 0 Å². The van der Waals surface area contributed by atoms with Gasteiger partial charge in [0.2, 0.25) is 0 Å². The van der Waals surface area contributed by atoms with Crippen LogP contribution in [0.15, 0.2) is 24.3 Å². The van der Waals surface area contributed by atoms with Gasteiger partial charge in [0.1, 0.15) is 0 Å². The molecule has 0 unspecified atom stereocenters. The maximum atomic E-state index is 3.27. The Morgan fingerprint density at radius 1 is 1.45 bits per heavy atom. The lowest BCUT2D eigenvalue weighted by molar-refractivity contribution is 0.897. The fraction of sp³-hybridized carbons (Fsp3) is 0.333. The van der Waals surface area contributed by atoms with Crippen LogP contribution in [0.1, 0.15) is 11.1 Å². The third kappa shape index (κ3) is 2.86. The quantitative estimate of drug-likeness (QED) is 0.640. The molecule has 0 atom stereocenters. The van der Waals surface area contributed by atoms with E-state index in [0.717, 1.165) is 23.4 Å². The van der Waals surface area contributed by atoms with Crippen LogP contribution in [0, 0.1) is 6.92 Å². The number of rotatable bonds is 3. The predicted octanol–water partition coefficient (Wildman–Crippen LogP) is 0.408. The number of benzene rings is 1. The van der Waals surface area contributed by atoms with Crippen LogP contribution < -0.4 is 4.98 Å². The van der Waals surface area contributed by atoms with Crippen LogP contribution in [0.4, 0.5) is 0 Å². The molecule has 1 rings (SSSR count). The van der Waals surface area contributed by atoms with Gasteiger partial charge < -0.3 is 4.98 Å². The Kier molecular flexibility index (Phi) is 3.33. The van der Waals surface area contributed by atoms with Gasteiger partial charge in [-0.15, -0.1) is 0 Å². The molecular formula is C9H15NSi. The second kappa shape index (κ2) is 4.31. The van der Waals surface area contributed by atoms with Crippen LogP contribution in [0.25, 0.3) is 0 Å². The summed E-state index contributed by atoms with van der Waals surface area (Å²) in [5.41, 5.74) is 2.80. The van der Waals surface area contributed by atoms with Gasteiger partial charge in [-0.1, -0.05) is 29.8 Å². The third-order valence-electron chi connectivity index (χ3n) is 1.75. The molecule has 0 fully saturated rings. The van der Waals surface area contributed by atoms with Crippen molar-refractivity contribution in [2.24, 2.45) is 0 Å². The number of aryl methyl sites for hydroxylation is 1. The van der Waals surface area contributed by atoms with Crippen LogP contribution in [-0.2, 0) is 6.42 Å². The zero-order chi connectivity index (χ0) is 8.10. The van der Waals surface area contributed by atoms with Crippen LogP contribution in [0.5, 0.6) is 0 Å². The summed E-state index contributed by atoms with van der Waals surface area (Å²) in [4.78, 5) is 3.27. The first-order valence-corrected chi connectivity index (χ1v) is 5.03. The lowest BCUT2D eigenvalue weighted by Crippen LogP contribution is -2.12. The van der Waals surface area contributed by atoms with E-state index in [4.69, 9.17) is 0 Å². The Morgan fingerprint density at radius 3 is 2.91 bits per heavy atom. The molecule has 1 N–H and O–H groups in total. The summed E-state index contributed by atoms with van der Waals surface area (Å²) in [6, 6.07) is 8.69. The molecule has 2 heteroatoms. The highest BCUT2D eigenvalue weighted by molar-refractivity contribution is 6.04. The Balaban J connectivity index is 2.56. The molecule has 0 amide bonds. The molecule has 1 aromatic rings. The smallest absolute Gasteiger partial charge is 0.0749 e. The van der Waals surface area contributed by atoms with Crippen molar-refractivity contribution >= 4 is 10.4 Å². The van der Waals surface area contributed by atoms with Gasteiger partial charge in [-0.25, -0.2) is 0 Å². The van der Waals surface area contributed by atoms with Gasteiger partial charge in [-0.2, -0.15) is 0 Å². The van der Waals surface area contributed by atoms with Crippen molar-refractivity contribution in [2.75, 3.05) is 6.54 Å². The zero-order valence-electron chi connectivity index (χ0n) is 7.22. The maximum absolute atomic E-state index is 3.27. The fourth-order valence-electron chi connectivity index (χ4n) is 1.14. The van der Waals surface area contributed by atoms with Crippen molar-refractivity contribution in [3.05, 3.63) is 35.4 Å². The summed E-state index contributed by atoms with van der Waals surface area (Å²) in [6.07, 6.45) is 1.16. The minimum atomic E-state index is 1.10. The van der Waals surface area contributed by atoms with Crippen LogP contribution in [0.2, 0.25) is 0 Å². The number of hydrogen-bond donors (Lipinski definition) is 1. The predicted molar refractivity (Wildman–Crippen MR) is 52.8 cm³/mol. The largest absolute Gasteiger partial charge is 0.345 e. The highest BCUT2D eigenvalue weighted by Gasteiger charge is 1.90. The first kappa shape index (κ1) is 8.49. The minimum absolute atomic E-state index is 1.10. The molecule has 11 heavy (non-hydrogen) atoms. The second-order valence-electron chi connectivity index (χ2n) is 2.84. The number of hydrogen-bond acceptors (Lipinski definition) is 1. The topological polar surface area (TPSA) is 12.0 Å². The van der Waals surface area contributed by atoms with Crippen molar-refractivity contribution in [2.45, 2.75) is 13.3 Å². The molecule has 0 bridgehead atoms. The summed E-state index contributed by atoms with van der Waals surface area (Å²) in [7, 11) is 1.10. The average Bonchev–Trinajstić information content (AvgIpc) is 2.01. The van der Waals surface area contributed by atoms with Gasteiger partial charge in [-0.05, 0) is 25.5 Å². The van der Waals surface area contributed by atoms with Gasteiger partial charge in [0.25, 0.3) is 0 Å².